The summed E-state index contributed by atoms with van der Waals surface area (Å²) in [7, 11) is 2.25. The highest BCUT2D eigenvalue weighted by Crippen LogP contribution is 2.29. The molecule has 1 unspecified atom stereocenters. The topological polar surface area (TPSA) is 47.1 Å². The van der Waals surface area contributed by atoms with Gasteiger partial charge in [0, 0.05) is 17.5 Å². The van der Waals surface area contributed by atoms with Gasteiger partial charge in [0.05, 0.1) is 6.26 Å². The molecule has 4 rings (SSSR count). The van der Waals surface area contributed by atoms with Gasteiger partial charge < -0.3 is 9.32 Å². The number of rotatable bonds is 6. The normalized spacial score (nSPS) is 18.3. The lowest BCUT2D eigenvalue weighted by molar-refractivity contribution is 0.182. The highest BCUT2D eigenvalue weighted by atomic mass is 32.2. The molecule has 0 aliphatic carbocycles. The summed E-state index contributed by atoms with van der Waals surface area (Å²) >= 11 is 1.78. The highest BCUT2D eigenvalue weighted by Gasteiger charge is 2.21. The van der Waals surface area contributed by atoms with Crippen LogP contribution in [0.2, 0.25) is 0 Å². The van der Waals surface area contributed by atoms with E-state index in [0.717, 1.165) is 28.2 Å². The molecule has 0 radical (unpaired) electrons. The summed E-state index contributed by atoms with van der Waals surface area (Å²) in [5.74, 6) is 2.52. The summed E-state index contributed by atoms with van der Waals surface area (Å²) in [6.45, 7) is 1.22. The molecule has 3 aromatic rings. The van der Waals surface area contributed by atoms with Gasteiger partial charge in [-0.05, 0) is 57.1 Å². The molecule has 1 atom stereocenters. The van der Waals surface area contributed by atoms with Crippen molar-refractivity contribution in [1.29, 1.82) is 0 Å². The van der Waals surface area contributed by atoms with Gasteiger partial charge in [0.1, 0.15) is 0 Å². The number of para-hydroxylation sites is 1. The van der Waals surface area contributed by atoms with E-state index in [9.17, 15) is 0 Å². The number of benzene rings is 1. The van der Waals surface area contributed by atoms with Crippen LogP contribution in [0, 0.1) is 0 Å². The Bertz CT molecular complexity index is 816. The fourth-order valence-electron chi connectivity index (χ4n) is 3.53. The molecule has 0 bridgehead atoms. The smallest absolute Gasteiger partial charge is 0.205 e. The minimum atomic E-state index is 0.689. The molecule has 1 saturated heterocycles. The summed E-state index contributed by atoms with van der Waals surface area (Å²) in [6, 6.07) is 14.7. The van der Waals surface area contributed by atoms with Gasteiger partial charge in [0.15, 0.2) is 10.9 Å². The minimum Gasteiger partial charge on any atom is -0.461 e. The molecule has 0 N–H and O–H groups in total. The maximum Gasteiger partial charge on any atom is 0.205 e. The molecule has 136 valence electrons. The van der Waals surface area contributed by atoms with Gasteiger partial charge in [-0.2, -0.15) is 0 Å². The van der Waals surface area contributed by atoms with Gasteiger partial charge in [-0.15, -0.1) is 10.2 Å². The molecule has 2 aromatic heterocycles. The Balaban J connectivity index is 1.54. The number of piperidine rings is 1. The summed E-state index contributed by atoms with van der Waals surface area (Å²) < 4.78 is 7.66. The quantitative estimate of drug-likeness (QED) is 0.600. The van der Waals surface area contributed by atoms with Crippen molar-refractivity contribution in [2.45, 2.75) is 36.9 Å². The zero-order valence-electron chi connectivity index (χ0n) is 15.0. The second-order valence-electron chi connectivity index (χ2n) is 6.72. The van der Waals surface area contributed by atoms with Crippen molar-refractivity contribution >= 4 is 11.8 Å². The molecule has 6 heteroatoms. The van der Waals surface area contributed by atoms with Crippen molar-refractivity contribution in [1.82, 2.24) is 19.7 Å². The van der Waals surface area contributed by atoms with E-state index in [-0.39, 0.29) is 0 Å². The van der Waals surface area contributed by atoms with Crippen LogP contribution in [0.3, 0.4) is 0 Å². The number of furan rings is 1. The Hall–Kier alpha value is -2.05. The van der Waals surface area contributed by atoms with Gasteiger partial charge in [0.25, 0.3) is 0 Å². The van der Waals surface area contributed by atoms with Crippen molar-refractivity contribution < 1.29 is 4.42 Å². The number of hydrogen-bond donors (Lipinski definition) is 0. The third-order valence-electron chi connectivity index (χ3n) is 4.99. The largest absolute Gasteiger partial charge is 0.461 e. The fourth-order valence-corrected chi connectivity index (χ4v) is 4.53. The van der Waals surface area contributed by atoms with Crippen molar-refractivity contribution in [3.05, 3.63) is 48.7 Å². The third kappa shape index (κ3) is 3.71. The maximum atomic E-state index is 5.57. The van der Waals surface area contributed by atoms with Crippen LogP contribution in [0.15, 0.2) is 58.3 Å². The SMILES string of the molecule is CN1CCCCC1CCSc1nnc(-c2ccco2)n1-c1ccccc1. The first-order valence-corrected chi connectivity index (χ1v) is 10.2. The van der Waals surface area contributed by atoms with E-state index >= 15 is 0 Å². The van der Waals surface area contributed by atoms with E-state index in [1.807, 2.05) is 30.3 Å². The first-order chi connectivity index (χ1) is 12.8. The molecule has 1 aliphatic rings. The van der Waals surface area contributed by atoms with Crippen molar-refractivity contribution in [3.8, 4) is 17.3 Å². The number of nitrogens with zero attached hydrogens (tertiary/aromatic N) is 4. The summed E-state index contributed by atoms with van der Waals surface area (Å²) in [4.78, 5) is 2.50. The lowest BCUT2D eigenvalue weighted by Crippen LogP contribution is -2.36. The van der Waals surface area contributed by atoms with Crippen LogP contribution in [-0.2, 0) is 0 Å². The van der Waals surface area contributed by atoms with E-state index in [0.29, 0.717) is 6.04 Å². The Kier molecular flexibility index (Phi) is 5.41. The molecule has 0 saturated carbocycles. The predicted molar refractivity (Wildman–Crippen MR) is 105 cm³/mol. The van der Waals surface area contributed by atoms with Crippen molar-refractivity contribution in [2.75, 3.05) is 19.3 Å². The number of likely N-dealkylation sites (tertiary alicyclic amines) is 1. The highest BCUT2D eigenvalue weighted by molar-refractivity contribution is 7.99. The van der Waals surface area contributed by atoms with Crippen LogP contribution in [0.1, 0.15) is 25.7 Å². The van der Waals surface area contributed by atoms with Crippen LogP contribution in [0.5, 0.6) is 0 Å². The standard InChI is InChI=1S/C20H24N4OS/c1-23-13-6-5-8-16(23)12-15-26-20-22-21-19(18-11-7-14-25-18)24(20)17-9-3-2-4-10-17/h2-4,7,9-11,14,16H,5-6,8,12-13,15H2,1H3. The maximum absolute atomic E-state index is 5.57. The third-order valence-corrected chi connectivity index (χ3v) is 5.96. The first kappa shape index (κ1) is 17.4. The van der Waals surface area contributed by atoms with Crippen LogP contribution >= 0.6 is 11.8 Å². The molecule has 1 fully saturated rings. The Morgan fingerprint density at radius 1 is 1.12 bits per heavy atom. The van der Waals surface area contributed by atoms with E-state index in [4.69, 9.17) is 4.42 Å². The Labute approximate surface area is 158 Å². The van der Waals surface area contributed by atoms with Gasteiger partial charge in [-0.25, -0.2) is 0 Å². The summed E-state index contributed by atoms with van der Waals surface area (Å²) in [5, 5.41) is 9.77. The average Bonchev–Trinajstić information content (AvgIpc) is 3.33. The van der Waals surface area contributed by atoms with Crippen molar-refractivity contribution in [2.24, 2.45) is 0 Å². The fraction of sp³-hybridized carbons (Fsp3) is 0.400. The second-order valence-corrected chi connectivity index (χ2v) is 7.78. The van der Waals surface area contributed by atoms with E-state index in [1.165, 1.54) is 32.2 Å². The lowest BCUT2D eigenvalue weighted by atomic mass is 10.0. The zero-order chi connectivity index (χ0) is 17.8. The van der Waals surface area contributed by atoms with E-state index in [2.05, 4.69) is 38.8 Å². The first-order valence-electron chi connectivity index (χ1n) is 9.20. The Morgan fingerprint density at radius 3 is 2.77 bits per heavy atom. The average molecular weight is 369 g/mol. The predicted octanol–water partition coefficient (Wildman–Crippen LogP) is 4.49. The monoisotopic (exact) mass is 368 g/mol. The lowest BCUT2D eigenvalue weighted by Gasteiger charge is -2.32. The molecule has 0 spiro atoms. The second kappa shape index (κ2) is 8.10. The molecule has 1 aromatic carbocycles. The van der Waals surface area contributed by atoms with E-state index < -0.39 is 0 Å². The summed E-state index contributed by atoms with van der Waals surface area (Å²) in [6.07, 6.45) is 6.83. The molecule has 0 amide bonds. The van der Waals surface area contributed by atoms with Gasteiger partial charge >= 0.3 is 0 Å². The van der Waals surface area contributed by atoms with Gasteiger partial charge in [-0.3, -0.25) is 4.57 Å². The Morgan fingerprint density at radius 2 is 2.00 bits per heavy atom. The van der Waals surface area contributed by atoms with Crippen LogP contribution in [0.25, 0.3) is 17.3 Å². The molecule has 26 heavy (non-hydrogen) atoms. The number of aromatic nitrogens is 3. The summed E-state index contributed by atoms with van der Waals surface area (Å²) in [5.41, 5.74) is 1.06. The molecule has 1 aliphatic heterocycles. The molecule has 3 heterocycles. The minimum absolute atomic E-state index is 0.689. The van der Waals surface area contributed by atoms with Gasteiger partial charge in [-0.1, -0.05) is 36.4 Å². The van der Waals surface area contributed by atoms with Gasteiger partial charge in [0.2, 0.25) is 5.82 Å². The molecular formula is C20H24N4OS. The molecular weight excluding hydrogens is 344 g/mol. The molecule has 5 nitrogen and oxygen atoms in total. The van der Waals surface area contributed by atoms with E-state index in [1.54, 1.807) is 18.0 Å². The van der Waals surface area contributed by atoms with Crippen LogP contribution in [0.4, 0.5) is 0 Å². The number of hydrogen-bond acceptors (Lipinski definition) is 5. The van der Waals surface area contributed by atoms with Crippen LogP contribution in [-0.4, -0.2) is 45.1 Å². The van der Waals surface area contributed by atoms with Crippen LogP contribution < -0.4 is 0 Å². The number of thioether (sulfide) groups is 1. The van der Waals surface area contributed by atoms with Crippen molar-refractivity contribution in [3.63, 3.8) is 0 Å². The zero-order valence-corrected chi connectivity index (χ0v) is 15.9.